The minimum Gasteiger partial charge on any atom is -0.357 e. The summed E-state index contributed by atoms with van der Waals surface area (Å²) >= 11 is 3.59. The molecule has 17 heavy (non-hydrogen) atoms. The maximum Gasteiger partial charge on any atom is 0.0603 e. The molecule has 1 aromatic carbocycles. The zero-order valence-electron chi connectivity index (χ0n) is 10.6. The molecule has 0 atom stereocenters. The zero-order chi connectivity index (χ0) is 12.4. The van der Waals surface area contributed by atoms with Crippen molar-refractivity contribution in [1.82, 2.24) is 10.3 Å². The summed E-state index contributed by atoms with van der Waals surface area (Å²) in [6.07, 6.45) is 1.07. The Bertz CT molecular complexity index is 514. The van der Waals surface area contributed by atoms with E-state index in [9.17, 15) is 0 Å². The van der Waals surface area contributed by atoms with E-state index in [1.54, 1.807) is 0 Å². The summed E-state index contributed by atoms with van der Waals surface area (Å²) in [5.41, 5.74) is 3.91. The summed E-state index contributed by atoms with van der Waals surface area (Å²) in [5.74, 6) is 0. The van der Waals surface area contributed by atoms with Crippen LogP contribution in [0.4, 0.5) is 0 Å². The lowest BCUT2D eigenvalue weighted by molar-refractivity contribution is 0.590. The summed E-state index contributed by atoms with van der Waals surface area (Å²) in [4.78, 5) is 3.46. The van der Waals surface area contributed by atoms with Gasteiger partial charge in [0.15, 0.2) is 0 Å². The third-order valence-corrected chi connectivity index (χ3v) is 3.69. The Morgan fingerprint density at radius 1 is 1.35 bits per heavy atom. The average molecular weight is 295 g/mol. The summed E-state index contributed by atoms with van der Waals surface area (Å²) < 4.78 is 1.14. The molecule has 0 saturated carbocycles. The van der Waals surface area contributed by atoms with Gasteiger partial charge >= 0.3 is 0 Å². The lowest BCUT2D eigenvalue weighted by Crippen LogP contribution is -2.25. The van der Waals surface area contributed by atoms with Gasteiger partial charge in [0.05, 0.1) is 5.52 Å². The van der Waals surface area contributed by atoms with Crippen LogP contribution in [-0.4, -0.2) is 17.6 Å². The fourth-order valence-corrected chi connectivity index (χ4v) is 2.64. The lowest BCUT2D eigenvalue weighted by Gasteiger charge is -2.07. The predicted molar refractivity (Wildman–Crippen MR) is 77.6 cm³/mol. The second-order valence-electron chi connectivity index (χ2n) is 4.75. The monoisotopic (exact) mass is 294 g/mol. The van der Waals surface area contributed by atoms with E-state index < -0.39 is 0 Å². The van der Waals surface area contributed by atoms with Crippen LogP contribution < -0.4 is 5.32 Å². The van der Waals surface area contributed by atoms with E-state index in [2.05, 4.69) is 65.2 Å². The van der Waals surface area contributed by atoms with Crippen LogP contribution in [0.5, 0.6) is 0 Å². The maximum absolute atomic E-state index is 3.59. The van der Waals surface area contributed by atoms with Crippen LogP contribution in [0, 0.1) is 6.92 Å². The quantitative estimate of drug-likeness (QED) is 0.882. The van der Waals surface area contributed by atoms with Gasteiger partial charge in [-0.3, -0.25) is 0 Å². The molecule has 1 aromatic heterocycles. The lowest BCUT2D eigenvalue weighted by atomic mass is 10.1. The van der Waals surface area contributed by atoms with Gasteiger partial charge < -0.3 is 10.3 Å². The van der Waals surface area contributed by atoms with E-state index in [0.717, 1.165) is 17.4 Å². The van der Waals surface area contributed by atoms with Crippen LogP contribution in [0.3, 0.4) is 0 Å². The maximum atomic E-state index is 3.59. The largest absolute Gasteiger partial charge is 0.357 e. The number of rotatable bonds is 4. The first-order valence-electron chi connectivity index (χ1n) is 6.08. The van der Waals surface area contributed by atoms with Gasteiger partial charge in [0, 0.05) is 21.6 Å². The molecular weight excluding hydrogens is 276 g/mol. The van der Waals surface area contributed by atoms with E-state index in [-0.39, 0.29) is 0 Å². The SMILES string of the molecule is Cc1[nH]c2c(Br)cccc2c1CCNC(C)C. The van der Waals surface area contributed by atoms with Gasteiger partial charge in [-0.1, -0.05) is 26.0 Å². The fourth-order valence-electron chi connectivity index (χ4n) is 2.18. The number of hydrogen-bond acceptors (Lipinski definition) is 1. The van der Waals surface area contributed by atoms with E-state index >= 15 is 0 Å². The van der Waals surface area contributed by atoms with Crippen molar-refractivity contribution in [2.24, 2.45) is 0 Å². The van der Waals surface area contributed by atoms with E-state index in [4.69, 9.17) is 0 Å². The van der Waals surface area contributed by atoms with Crippen molar-refractivity contribution in [3.63, 3.8) is 0 Å². The minimum atomic E-state index is 0.548. The number of hydrogen-bond donors (Lipinski definition) is 2. The molecule has 2 N–H and O–H groups in total. The first-order valence-corrected chi connectivity index (χ1v) is 6.88. The van der Waals surface area contributed by atoms with Crippen LogP contribution in [0.25, 0.3) is 10.9 Å². The second kappa shape index (κ2) is 5.23. The van der Waals surface area contributed by atoms with Gasteiger partial charge in [0.1, 0.15) is 0 Å². The molecule has 2 rings (SSSR count). The number of benzene rings is 1. The molecule has 0 amide bonds. The van der Waals surface area contributed by atoms with Crippen molar-refractivity contribution in [2.75, 3.05) is 6.54 Å². The zero-order valence-corrected chi connectivity index (χ0v) is 12.2. The molecule has 2 nitrogen and oxygen atoms in total. The summed E-state index contributed by atoms with van der Waals surface area (Å²) in [6, 6.07) is 6.91. The molecule has 0 aliphatic rings. The molecule has 0 aliphatic carbocycles. The van der Waals surface area contributed by atoms with Gasteiger partial charge in [0.2, 0.25) is 0 Å². The summed E-state index contributed by atoms with van der Waals surface area (Å²) in [5, 5.41) is 4.80. The molecular formula is C14H19BrN2. The number of aromatic amines is 1. The van der Waals surface area contributed by atoms with Crippen LogP contribution in [0.15, 0.2) is 22.7 Å². The number of H-pyrrole nitrogens is 1. The number of fused-ring (bicyclic) bond motifs is 1. The normalized spacial score (nSPS) is 11.6. The second-order valence-corrected chi connectivity index (χ2v) is 5.60. The molecule has 0 bridgehead atoms. The number of aryl methyl sites for hydroxylation is 1. The molecule has 0 spiro atoms. The molecule has 0 fully saturated rings. The Kier molecular flexibility index (Phi) is 3.89. The van der Waals surface area contributed by atoms with Gasteiger partial charge in [0.25, 0.3) is 0 Å². The van der Waals surface area contributed by atoms with Crippen LogP contribution in [-0.2, 0) is 6.42 Å². The molecule has 3 heteroatoms. The van der Waals surface area contributed by atoms with Gasteiger partial charge in [-0.2, -0.15) is 0 Å². The number of nitrogens with one attached hydrogen (secondary N) is 2. The van der Waals surface area contributed by atoms with Crippen molar-refractivity contribution >= 4 is 26.8 Å². The van der Waals surface area contributed by atoms with Gasteiger partial charge in [-0.05, 0) is 47.4 Å². The fraction of sp³-hybridized carbons (Fsp3) is 0.429. The van der Waals surface area contributed by atoms with Gasteiger partial charge in [-0.25, -0.2) is 0 Å². The van der Waals surface area contributed by atoms with E-state index in [1.165, 1.54) is 22.2 Å². The molecule has 0 saturated heterocycles. The highest BCUT2D eigenvalue weighted by atomic mass is 79.9. The van der Waals surface area contributed by atoms with Crippen LogP contribution in [0.2, 0.25) is 0 Å². The molecule has 0 unspecified atom stereocenters. The smallest absolute Gasteiger partial charge is 0.0603 e. The molecule has 0 radical (unpaired) electrons. The van der Waals surface area contributed by atoms with Crippen LogP contribution >= 0.6 is 15.9 Å². The van der Waals surface area contributed by atoms with Gasteiger partial charge in [-0.15, -0.1) is 0 Å². The molecule has 92 valence electrons. The van der Waals surface area contributed by atoms with Crippen molar-refractivity contribution in [2.45, 2.75) is 33.2 Å². The predicted octanol–water partition coefficient (Wildman–Crippen LogP) is 3.78. The van der Waals surface area contributed by atoms with Crippen LogP contribution in [0.1, 0.15) is 25.1 Å². The van der Waals surface area contributed by atoms with Crippen molar-refractivity contribution in [3.8, 4) is 0 Å². The first kappa shape index (κ1) is 12.7. The van der Waals surface area contributed by atoms with Crippen molar-refractivity contribution in [3.05, 3.63) is 33.9 Å². The Hall–Kier alpha value is -0.800. The number of halogens is 1. The minimum absolute atomic E-state index is 0.548. The van der Waals surface area contributed by atoms with E-state index in [0.29, 0.717) is 6.04 Å². The topological polar surface area (TPSA) is 27.8 Å². The molecule has 1 heterocycles. The highest BCUT2D eigenvalue weighted by Crippen LogP contribution is 2.28. The number of aromatic nitrogens is 1. The molecule has 2 aromatic rings. The Labute approximate surface area is 111 Å². The standard InChI is InChI=1S/C14H19BrN2/c1-9(2)16-8-7-11-10(3)17-14-12(11)5-4-6-13(14)15/h4-6,9,16-17H,7-8H2,1-3H3. The van der Waals surface area contributed by atoms with Crippen molar-refractivity contribution in [1.29, 1.82) is 0 Å². The Morgan fingerprint density at radius 2 is 2.12 bits per heavy atom. The highest BCUT2D eigenvalue weighted by Gasteiger charge is 2.09. The molecule has 0 aliphatic heterocycles. The van der Waals surface area contributed by atoms with Crippen molar-refractivity contribution < 1.29 is 0 Å². The summed E-state index contributed by atoms with van der Waals surface area (Å²) in [7, 11) is 0. The third-order valence-electron chi connectivity index (χ3n) is 3.03. The first-order chi connectivity index (χ1) is 8.09. The average Bonchev–Trinajstić information content (AvgIpc) is 2.57. The summed E-state index contributed by atoms with van der Waals surface area (Å²) in [6.45, 7) is 7.53. The Morgan fingerprint density at radius 3 is 2.82 bits per heavy atom. The van der Waals surface area contributed by atoms with E-state index in [1.807, 2.05) is 0 Å². The number of para-hydroxylation sites is 1. The Balaban J connectivity index is 2.27. The highest BCUT2D eigenvalue weighted by molar-refractivity contribution is 9.10. The third kappa shape index (κ3) is 2.72.